The van der Waals surface area contributed by atoms with Crippen LogP contribution in [0.15, 0.2) is 30.6 Å². The molecule has 0 radical (unpaired) electrons. The van der Waals surface area contributed by atoms with Crippen molar-refractivity contribution in [2.75, 3.05) is 12.2 Å². The molecule has 142 valence electrons. The predicted octanol–water partition coefficient (Wildman–Crippen LogP) is 3.28. The highest BCUT2D eigenvalue weighted by Crippen LogP contribution is 2.30. The average Bonchev–Trinajstić information content (AvgIpc) is 3.49. The topological polar surface area (TPSA) is 93.2 Å². The van der Waals surface area contributed by atoms with Gasteiger partial charge in [-0.3, -0.25) is 9.59 Å². The Morgan fingerprint density at radius 2 is 2.15 bits per heavy atom. The quantitative estimate of drug-likeness (QED) is 0.754. The summed E-state index contributed by atoms with van der Waals surface area (Å²) in [6.45, 7) is 0.734. The molecule has 2 aromatic rings. The Bertz CT molecular complexity index is 860. The molecule has 3 rings (SSSR count). The van der Waals surface area contributed by atoms with Crippen molar-refractivity contribution in [1.82, 2.24) is 15.3 Å². The maximum absolute atomic E-state index is 12.5. The number of aromatic nitrogens is 2. The molecule has 2 heterocycles. The van der Waals surface area contributed by atoms with Crippen LogP contribution in [-0.2, 0) is 4.79 Å². The Morgan fingerprint density at radius 1 is 1.37 bits per heavy atom. The van der Waals surface area contributed by atoms with E-state index in [0.29, 0.717) is 16.9 Å². The number of pyridine rings is 2. The van der Waals surface area contributed by atoms with Crippen molar-refractivity contribution in [3.05, 3.63) is 46.7 Å². The zero-order valence-corrected chi connectivity index (χ0v) is 15.3. The molecule has 2 aromatic heterocycles. The van der Waals surface area contributed by atoms with Crippen LogP contribution >= 0.6 is 11.6 Å². The van der Waals surface area contributed by atoms with Crippen molar-refractivity contribution in [3.63, 3.8) is 0 Å². The predicted molar refractivity (Wildman–Crippen MR) is 97.3 cm³/mol. The molecule has 1 fully saturated rings. The number of anilines is 1. The van der Waals surface area contributed by atoms with Gasteiger partial charge in [0.2, 0.25) is 18.6 Å². The Hall–Kier alpha value is -2.74. The maximum atomic E-state index is 12.5. The summed E-state index contributed by atoms with van der Waals surface area (Å²) in [6.07, 6.45) is 4.68. The van der Waals surface area contributed by atoms with Gasteiger partial charge in [0.25, 0.3) is 5.91 Å². The molecule has 1 aliphatic rings. The molecular weight excluding hydrogens is 375 g/mol. The van der Waals surface area contributed by atoms with Crippen molar-refractivity contribution in [2.24, 2.45) is 5.92 Å². The van der Waals surface area contributed by atoms with Gasteiger partial charge in [0, 0.05) is 23.9 Å². The molecule has 0 spiro atoms. The minimum Gasteiger partial charge on any atom is -0.445 e. The summed E-state index contributed by atoms with van der Waals surface area (Å²) >= 11 is 5.99. The molecule has 9 heteroatoms. The van der Waals surface area contributed by atoms with Crippen LogP contribution in [0.5, 0.6) is 5.88 Å². The molecule has 1 atom stereocenters. The third-order valence-electron chi connectivity index (χ3n) is 4.09. The maximum Gasteiger partial charge on any atom is 0.251 e. The van der Waals surface area contributed by atoms with Crippen LogP contribution in [0.25, 0.3) is 0 Å². The van der Waals surface area contributed by atoms with E-state index in [1.54, 1.807) is 19.1 Å². The van der Waals surface area contributed by atoms with E-state index in [0.717, 1.165) is 12.8 Å². The lowest BCUT2D eigenvalue weighted by molar-refractivity contribution is -0.117. The van der Waals surface area contributed by atoms with Gasteiger partial charge < -0.3 is 15.4 Å². The first kappa shape index (κ1) is 19.0. The lowest BCUT2D eigenvalue weighted by Gasteiger charge is -2.15. The van der Waals surface area contributed by atoms with Crippen LogP contribution in [0.3, 0.4) is 0 Å². The van der Waals surface area contributed by atoms with Gasteiger partial charge in [0.05, 0.1) is 6.04 Å². The average molecular weight is 393 g/mol. The summed E-state index contributed by atoms with van der Waals surface area (Å²) in [5.41, 5.74) is 0.996. The van der Waals surface area contributed by atoms with Crippen LogP contribution in [0.2, 0.25) is 5.02 Å². The Morgan fingerprint density at radius 3 is 2.81 bits per heavy atom. The summed E-state index contributed by atoms with van der Waals surface area (Å²) in [5, 5.41) is 5.67. The highest BCUT2D eigenvalue weighted by molar-refractivity contribution is 6.31. The number of amides is 2. The fraction of sp³-hybridized carbons (Fsp3) is 0.333. The third kappa shape index (κ3) is 4.91. The fourth-order valence-corrected chi connectivity index (χ4v) is 2.64. The van der Waals surface area contributed by atoms with Gasteiger partial charge in [-0.25, -0.2) is 14.4 Å². The molecule has 1 unspecified atom stereocenters. The molecule has 0 aromatic carbocycles. The highest BCUT2D eigenvalue weighted by Gasteiger charge is 2.29. The number of nitrogens with zero attached hydrogens (tertiary/aromatic N) is 2. The Labute approximate surface area is 160 Å². The lowest BCUT2D eigenvalue weighted by atomic mass is 10.1. The van der Waals surface area contributed by atoms with Crippen molar-refractivity contribution in [2.45, 2.75) is 25.8 Å². The van der Waals surface area contributed by atoms with Gasteiger partial charge in [0.15, 0.2) is 0 Å². The van der Waals surface area contributed by atoms with Crippen molar-refractivity contribution >= 4 is 29.2 Å². The summed E-state index contributed by atoms with van der Waals surface area (Å²) in [5.74, 6) is -0.0427. The SMILES string of the molecule is CC(NC(=O)c1ccnc(NC(=O)C2CC2)c1)c1cnc(OCF)c(Cl)c1. The zero-order valence-electron chi connectivity index (χ0n) is 14.5. The number of hydrogen-bond donors (Lipinski definition) is 2. The fourth-order valence-electron chi connectivity index (χ4n) is 2.41. The highest BCUT2D eigenvalue weighted by atomic mass is 35.5. The van der Waals surface area contributed by atoms with Crippen molar-refractivity contribution in [1.29, 1.82) is 0 Å². The number of nitrogens with one attached hydrogen (secondary N) is 2. The molecule has 1 aliphatic carbocycles. The Kier molecular flexibility index (Phi) is 5.85. The normalized spacial score (nSPS) is 14.3. The van der Waals surface area contributed by atoms with Crippen molar-refractivity contribution < 1.29 is 18.7 Å². The van der Waals surface area contributed by atoms with Gasteiger partial charge in [-0.1, -0.05) is 11.6 Å². The molecule has 0 aliphatic heterocycles. The number of carbonyl (C=O) groups excluding carboxylic acids is 2. The van der Waals surface area contributed by atoms with Gasteiger partial charge >= 0.3 is 0 Å². The van der Waals surface area contributed by atoms with E-state index in [4.69, 9.17) is 11.6 Å². The number of carbonyl (C=O) groups is 2. The molecule has 27 heavy (non-hydrogen) atoms. The van der Waals surface area contributed by atoms with Crippen LogP contribution < -0.4 is 15.4 Å². The van der Waals surface area contributed by atoms with E-state index in [1.807, 2.05) is 0 Å². The molecular formula is C18H18ClFN4O3. The molecule has 7 nitrogen and oxygen atoms in total. The van der Waals surface area contributed by atoms with Crippen LogP contribution in [-0.4, -0.2) is 28.6 Å². The number of ether oxygens (including phenoxy) is 1. The largest absolute Gasteiger partial charge is 0.445 e. The van der Waals surface area contributed by atoms with Crippen LogP contribution in [0.1, 0.15) is 41.7 Å². The zero-order chi connectivity index (χ0) is 19.4. The first-order valence-corrected chi connectivity index (χ1v) is 8.77. The molecule has 1 saturated carbocycles. The molecule has 2 N–H and O–H groups in total. The van der Waals surface area contributed by atoms with Crippen LogP contribution in [0.4, 0.5) is 10.2 Å². The molecule has 2 amide bonds. The van der Waals surface area contributed by atoms with Crippen molar-refractivity contribution in [3.8, 4) is 5.88 Å². The standard InChI is InChI=1S/C18H18ClFN4O3/c1-10(13-6-14(19)18(22-8-13)27-9-20)23-17(26)12-4-5-21-15(7-12)24-16(25)11-2-3-11/h4-8,10-11H,2-3,9H2,1H3,(H,23,26)(H,21,24,25). The number of alkyl halides is 1. The van der Waals surface area contributed by atoms with E-state index >= 15 is 0 Å². The number of rotatable bonds is 7. The second-order valence-corrected chi connectivity index (χ2v) is 6.60. The Balaban J connectivity index is 1.65. The second-order valence-electron chi connectivity index (χ2n) is 6.20. The van der Waals surface area contributed by atoms with E-state index in [-0.39, 0.29) is 28.6 Å². The van der Waals surface area contributed by atoms with Gasteiger partial charge in [0.1, 0.15) is 10.8 Å². The van der Waals surface area contributed by atoms with E-state index < -0.39 is 12.9 Å². The summed E-state index contributed by atoms with van der Waals surface area (Å²) in [6, 6.07) is 4.22. The van der Waals surface area contributed by atoms with Crippen LogP contribution in [0, 0.1) is 5.92 Å². The van der Waals surface area contributed by atoms with Gasteiger partial charge in [-0.05, 0) is 43.5 Å². The monoisotopic (exact) mass is 392 g/mol. The summed E-state index contributed by atoms with van der Waals surface area (Å²) in [4.78, 5) is 32.3. The first-order valence-electron chi connectivity index (χ1n) is 8.40. The smallest absolute Gasteiger partial charge is 0.251 e. The first-order chi connectivity index (χ1) is 13.0. The van der Waals surface area contributed by atoms with E-state index in [1.165, 1.54) is 18.5 Å². The van der Waals surface area contributed by atoms with E-state index in [2.05, 4.69) is 25.3 Å². The van der Waals surface area contributed by atoms with Gasteiger partial charge in [-0.15, -0.1) is 0 Å². The summed E-state index contributed by atoms with van der Waals surface area (Å²) in [7, 11) is 0. The number of hydrogen-bond acceptors (Lipinski definition) is 5. The molecule has 0 bridgehead atoms. The number of halogens is 2. The summed E-state index contributed by atoms with van der Waals surface area (Å²) < 4.78 is 16.9. The lowest BCUT2D eigenvalue weighted by Crippen LogP contribution is -2.27. The minimum atomic E-state index is -1.03. The van der Waals surface area contributed by atoms with Gasteiger partial charge in [-0.2, -0.15) is 0 Å². The third-order valence-corrected chi connectivity index (χ3v) is 4.36. The second kappa shape index (κ2) is 8.30. The van der Waals surface area contributed by atoms with E-state index in [9.17, 15) is 14.0 Å². The molecule has 0 saturated heterocycles. The minimum absolute atomic E-state index is 0.00776.